The number of carbonyl (C=O) groups excluding carboxylic acids is 1. The molecule has 0 radical (unpaired) electrons. The van der Waals surface area contributed by atoms with Crippen molar-refractivity contribution in [3.05, 3.63) is 59.7 Å². The third kappa shape index (κ3) is 4.35. The molecule has 2 aromatic heterocycles. The number of carbonyl (C=O) groups is 1. The van der Waals surface area contributed by atoms with Gasteiger partial charge >= 0.3 is 0 Å². The Morgan fingerprint density at radius 1 is 1.06 bits per heavy atom. The minimum atomic E-state index is 0.274. The van der Waals surface area contributed by atoms with E-state index in [1.54, 1.807) is 11.8 Å². The molecule has 0 aliphatic carbocycles. The lowest BCUT2D eigenvalue weighted by Crippen LogP contribution is -2.27. The smallest absolute Gasteiger partial charge is 0.222 e. The predicted molar refractivity (Wildman–Crippen MR) is 129 cm³/mol. The van der Waals surface area contributed by atoms with Gasteiger partial charge < -0.3 is 9.47 Å². The molecule has 3 heterocycles. The maximum absolute atomic E-state index is 12.2. The van der Waals surface area contributed by atoms with Gasteiger partial charge in [-0.15, -0.1) is 10.2 Å². The van der Waals surface area contributed by atoms with Crippen molar-refractivity contribution in [3.8, 4) is 0 Å². The standard InChI is InChI=1S/C25H27N5OS/c1-18-11-12-21-20(16-18)23-24(30(21)17-19-8-3-2-4-9-19)26-25(28-27-23)32-15-7-10-22(31)29-13-5-6-14-29/h2-4,8-9,11-12,16H,5-7,10,13-15,17H2,1H3. The quantitative estimate of drug-likeness (QED) is 0.301. The first-order valence-electron chi connectivity index (χ1n) is 11.3. The number of nitrogens with zero attached hydrogens (tertiary/aromatic N) is 5. The largest absolute Gasteiger partial charge is 0.343 e. The molecule has 0 N–H and O–H groups in total. The Kier molecular flexibility index (Phi) is 6.08. The van der Waals surface area contributed by atoms with E-state index in [1.165, 1.54) is 11.1 Å². The fourth-order valence-corrected chi connectivity index (χ4v) is 5.07. The molecule has 4 aromatic rings. The Labute approximate surface area is 192 Å². The lowest BCUT2D eigenvalue weighted by atomic mass is 10.1. The number of aromatic nitrogens is 4. The molecule has 5 rings (SSSR count). The Bertz CT molecular complexity index is 1250. The van der Waals surface area contributed by atoms with Gasteiger partial charge in [0.25, 0.3) is 0 Å². The molecule has 0 saturated carbocycles. The van der Waals surface area contributed by atoms with Crippen molar-refractivity contribution in [2.75, 3.05) is 18.8 Å². The lowest BCUT2D eigenvalue weighted by Gasteiger charge is -2.14. The van der Waals surface area contributed by atoms with Crippen molar-refractivity contribution >= 4 is 39.7 Å². The van der Waals surface area contributed by atoms with Crippen LogP contribution in [0.1, 0.15) is 36.8 Å². The minimum absolute atomic E-state index is 0.274. The summed E-state index contributed by atoms with van der Waals surface area (Å²) in [5, 5.41) is 10.7. The van der Waals surface area contributed by atoms with Crippen LogP contribution in [0.4, 0.5) is 0 Å². The molecule has 1 saturated heterocycles. The van der Waals surface area contributed by atoms with E-state index >= 15 is 0 Å². The molecule has 32 heavy (non-hydrogen) atoms. The summed E-state index contributed by atoms with van der Waals surface area (Å²) in [4.78, 5) is 19.1. The topological polar surface area (TPSA) is 63.9 Å². The lowest BCUT2D eigenvalue weighted by molar-refractivity contribution is -0.130. The number of rotatable bonds is 7. The van der Waals surface area contributed by atoms with Crippen LogP contribution in [0.2, 0.25) is 0 Å². The summed E-state index contributed by atoms with van der Waals surface area (Å²) in [5.74, 6) is 1.08. The molecular weight excluding hydrogens is 418 g/mol. The molecule has 1 aliphatic heterocycles. The maximum Gasteiger partial charge on any atom is 0.222 e. The summed E-state index contributed by atoms with van der Waals surface area (Å²) in [7, 11) is 0. The summed E-state index contributed by atoms with van der Waals surface area (Å²) in [5.41, 5.74) is 5.24. The molecule has 7 heteroatoms. The molecule has 2 aromatic carbocycles. The second-order valence-corrected chi connectivity index (χ2v) is 9.46. The molecule has 1 fully saturated rings. The van der Waals surface area contributed by atoms with Crippen molar-refractivity contribution in [2.45, 2.75) is 44.3 Å². The van der Waals surface area contributed by atoms with Crippen molar-refractivity contribution in [3.63, 3.8) is 0 Å². The second kappa shape index (κ2) is 9.28. The second-order valence-electron chi connectivity index (χ2n) is 8.40. The molecular formula is C25H27N5OS. The van der Waals surface area contributed by atoms with Gasteiger partial charge in [-0.05, 0) is 43.9 Å². The van der Waals surface area contributed by atoms with Gasteiger partial charge in [0.15, 0.2) is 5.65 Å². The highest BCUT2D eigenvalue weighted by molar-refractivity contribution is 7.99. The van der Waals surface area contributed by atoms with Gasteiger partial charge in [-0.3, -0.25) is 4.79 Å². The Morgan fingerprint density at radius 2 is 1.88 bits per heavy atom. The Balaban J connectivity index is 1.37. The molecule has 164 valence electrons. The number of aryl methyl sites for hydroxylation is 1. The highest BCUT2D eigenvalue weighted by atomic mass is 32.2. The van der Waals surface area contributed by atoms with Gasteiger partial charge in [-0.2, -0.15) is 0 Å². The Morgan fingerprint density at radius 3 is 2.69 bits per heavy atom. The van der Waals surface area contributed by atoms with E-state index in [4.69, 9.17) is 4.98 Å². The number of thioether (sulfide) groups is 1. The van der Waals surface area contributed by atoms with Crippen LogP contribution in [0.5, 0.6) is 0 Å². The molecule has 1 amide bonds. The van der Waals surface area contributed by atoms with E-state index in [2.05, 4.69) is 64.2 Å². The molecule has 0 spiro atoms. The summed E-state index contributed by atoms with van der Waals surface area (Å²) >= 11 is 1.58. The first-order valence-corrected chi connectivity index (χ1v) is 12.3. The van der Waals surface area contributed by atoms with Crippen LogP contribution in [-0.4, -0.2) is 49.4 Å². The van der Waals surface area contributed by atoms with Crippen molar-refractivity contribution in [1.82, 2.24) is 24.6 Å². The van der Waals surface area contributed by atoms with Gasteiger partial charge in [0.2, 0.25) is 11.1 Å². The Hall–Kier alpha value is -2.93. The van der Waals surface area contributed by atoms with Crippen LogP contribution < -0.4 is 0 Å². The van der Waals surface area contributed by atoms with Crippen LogP contribution in [0.15, 0.2) is 53.7 Å². The zero-order valence-electron chi connectivity index (χ0n) is 18.3. The predicted octanol–water partition coefficient (Wildman–Crippen LogP) is 4.83. The van der Waals surface area contributed by atoms with E-state index in [0.29, 0.717) is 11.6 Å². The van der Waals surface area contributed by atoms with E-state index in [1.807, 2.05) is 11.0 Å². The van der Waals surface area contributed by atoms with Crippen LogP contribution in [0, 0.1) is 6.92 Å². The summed E-state index contributed by atoms with van der Waals surface area (Å²) < 4.78 is 2.23. The van der Waals surface area contributed by atoms with Crippen LogP contribution in [-0.2, 0) is 11.3 Å². The summed E-state index contributed by atoms with van der Waals surface area (Å²) in [6.07, 6.45) is 3.69. The minimum Gasteiger partial charge on any atom is -0.343 e. The van der Waals surface area contributed by atoms with Gasteiger partial charge in [0.05, 0.1) is 5.52 Å². The SMILES string of the molecule is Cc1ccc2c(c1)c1nnc(SCCCC(=O)N3CCCC3)nc1n2Cc1ccccc1. The van der Waals surface area contributed by atoms with E-state index < -0.39 is 0 Å². The zero-order valence-corrected chi connectivity index (χ0v) is 19.1. The third-order valence-electron chi connectivity index (χ3n) is 6.01. The third-order valence-corrected chi connectivity index (χ3v) is 6.93. The number of hydrogen-bond donors (Lipinski definition) is 0. The highest BCUT2D eigenvalue weighted by Gasteiger charge is 2.18. The number of likely N-dealkylation sites (tertiary alicyclic amines) is 1. The average Bonchev–Trinajstić information content (AvgIpc) is 3.45. The first-order chi connectivity index (χ1) is 15.7. The van der Waals surface area contributed by atoms with Gasteiger partial charge in [0, 0.05) is 37.2 Å². The number of benzene rings is 2. The fourth-order valence-electron chi connectivity index (χ4n) is 4.35. The molecule has 0 unspecified atom stereocenters. The molecule has 0 atom stereocenters. The normalized spacial score (nSPS) is 14.0. The molecule has 1 aliphatic rings. The fraction of sp³-hybridized carbons (Fsp3) is 0.360. The van der Waals surface area contributed by atoms with E-state index in [-0.39, 0.29) is 5.91 Å². The average molecular weight is 446 g/mol. The maximum atomic E-state index is 12.2. The van der Waals surface area contributed by atoms with E-state index in [0.717, 1.165) is 66.7 Å². The summed E-state index contributed by atoms with van der Waals surface area (Å²) in [6, 6.07) is 16.9. The van der Waals surface area contributed by atoms with E-state index in [9.17, 15) is 4.79 Å². The van der Waals surface area contributed by atoms with Gasteiger partial charge in [-0.1, -0.05) is 53.7 Å². The monoisotopic (exact) mass is 445 g/mol. The number of hydrogen-bond acceptors (Lipinski definition) is 5. The van der Waals surface area contributed by atoms with Crippen molar-refractivity contribution in [2.24, 2.45) is 0 Å². The summed E-state index contributed by atoms with van der Waals surface area (Å²) in [6.45, 7) is 4.66. The zero-order chi connectivity index (χ0) is 21.9. The van der Waals surface area contributed by atoms with Crippen LogP contribution in [0.3, 0.4) is 0 Å². The highest BCUT2D eigenvalue weighted by Crippen LogP contribution is 2.29. The molecule has 6 nitrogen and oxygen atoms in total. The van der Waals surface area contributed by atoms with Crippen LogP contribution >= 0.6 is 11.8 Å². The first kappa shape index (κ1) is 20.9. The number of amides is 1. The van der Waals surface area contributed by atoms with Gasteiger partial charge in [-0.25, -0.2) is 4.98 Å². The number of fused-ring (bicyclic) bond motifs is 3. The van der Waals surface area contributed by atoms with Crippen LogP contribution in [0.25, 0.3) is 22.1 Å². The van der Waals surface area contributed by atoms with Gasteiger partial charge in [0.1, 0.15) is 5.52 Å². The van der Waals surface area contributed by atoms with Crippen molar-refractivity contribution < 1.29 is 4.79 Å². The van der Waals surface area contributed by atoms with Crippen molar-refractivity contribution in [1.29, 1.82) is 0 Å². The molecule has 0 bridgehead atoms.